The first kappa shape index (κ1) is 24.2. The van der Waals surface area contributed by atoms with Gasteiger partial charge < -0.3 is 24.3 Å². The Morgan fingerprint density at radius 3 is 2.15 bits per heavy atom. The van der Waals surface area contributed by atoms with Crippen LogP contribution >= 0.6 is 0 Å². The van der Waals surface area contributed by atoms with E-state index >= 15 is 0 Å². The predicted molar refractivity (Wildman–Crippen MR) is 120 cm³/mol. The number of methoxy groups -OCH3 is 1. The third-order valence-corrected chi connectivity index (χ3v) is 6.23. The van der Waals surface area contributed by atoms with Crippen molar-refractivity contribution in [3.05, 3.63) is 58.3 Å². The number of aliphatic carboxylic acids is 2. The van der Waals surface area contributed by atoms with Gasteiger partial charge in [-0.1, -0.05) is 26.0 Å². The molecule has 33 heavy (non-hydrogen) atoms. The first-order chi connectivity index (χ1) is 15.6. The first-order valence-corrected chi connectivity index (χ1v) is 10.6. The van der Waals surface area contributed by atoms with Gasteiger partial charge in [0.25, 0.3) is 0 Å². The third kappa shape index (κ3) is 3.93. The second kappa shape index (κ2) is 9.19. The van der Waals surface area contributed by atoms with Crippen molar-refractivity contribution in [2.75, 3.05) is 20.3 Å². The molecule has 3 rings (SSSR count). The van der Waals surface area contributed by atoms with Crippen molar-refractivity contribution in [3.8, 4) is 11.5 Å². The molecule has 176 valence electrons. The molecule has 0 bridgehead atoms. The van der Waals surface area contributed by atoms with Crippen LogP contribution in [-0.2, 0) is 19.7 Å². The summed E-state index contributed by atoms with van der Waals surface area (Å²) in [4.78, 5) is 27.2. The molecular formula is C24H29N3O6. The average molecular weight is 456 g/mol. The van der Waals surface area contributed by atoms with E-state index < -0.39 is 23.3 Å². The molecule has 0 fully saturated rings. The van der Waals surface area contributed by atoms with Crippen molar-refractivity contribution in [2.45, 2.75) is 40.0 Å². The molecule has 9 nitrogen and oxygen atoms in total. The number of hydrogen-bond donors (Lipinski definition) is 2. The largest absolute Gasteiger partial charge is 0.478 e. The number of aryl methyl sites for hydroxylation is 1. The van der Waals surface area contributed by atoms with Crippen LogP contribution in [-0.4, -0.2) is 57.5 Å². The Balaban J connectivity index is 2.39. The summed E-state index contributed by atoms with van der Waals surface area (Å²) in [7, 11) is 1.54. The van der Waals surface area contributed by atoms with E-state index in [4.69, 9.17) is 9.15 Å². The van der Waals surface area contributed by atoms with Crippen molar-refractivity contribution in [3.63, 3.8) is 0 Å². The molecular weight excluding hydrogens is 426 g/mol. The number of carbonyl (C=O) groups is 2. The van der Waals surface area contributed by atoms with Gasteiger partial charge in [0.05, 0.1) is 23.2 Å². The van der Waals surface area contributed by atoms with E-state index in [1.54, 1.807) is 57.0 Å². The van der Waals surface area contributed by atoms with Gasteiger partial charge in [-0.2, -0.15) is 0 Å². The lowest BCUT2D eigenvalue weighted by atomic mass is 9.59. The summed E-state index contributed by atoms with van der Waals surface area (Å²) in [5, 5.41) is 28.7. The molecule has 2 N–H and O–H groups in total. The van der Waals surface area contributed by atoms with E-state index in [2.05, 4.69) is 10.2 Å². The van der Waals surface area contributed by atoms with Crippen LogP contribution in [0.25, 0.3) is 11.5 Å². The quantitative estimate of drug-likeness (QED) is 0.614. The third-order valence-electron chi connectivity index (χ3n) is 6.23. The fourth-order valence-electron chi connectivity index (χ4n) is 4.89. The second-order valence-electron chi connectivity index (χ2n) is 8.35. The highest BCUT2D eigenvalue weighted by Crippen LogP contribution is 2.52. The van der Waals surface area contributed by atoms with Crippen molar-refractivity contribution < 1.29 is 29.0 Å². The van der Waals surface area contributed by atoms with Gasteiger partial charge in [0, 0.05) is 37.5 Å². The fourth-order valence-corrected chi connectivity index (χ4v) is 4.89. The van der Waals surface area contributed by atoms with Gasteiger partial charge in [-0.05, 0) is 37.5 Å². The molecule has 2 aromatic rings. The van der Waals surface area contributed by atoms with E-state index in [0.29, 0.717) is 41.6 Å². The number of hydrogen-bond acceptors (Lipinski definition) is 7. The molecule has 9 heteroatoms. The Kier molecular flexibility index (Phi) is 6.73. The van der Waals surface area contributed by atoms with Gasteiger partial charge in [0.2, 0.25) is 11.8 Å². The van der Waals surface area contributed by atoms with E-state index in [9.17, 15) is 19.8 Å². The average Bonchev–Trinajstić information content (AvgIpc) is 3.18. The van der Waals surface area contributed by atoms with E-state index in [1.165, 1.54) is 0 Å². The minimum atomic E-state index is -1.42. The summed E-state index contributed by atoms with van der Waals surface area (Å²) in [6.07, 6.45) is 0. The molecule has 1 aliphatic heterocycles. The Bertz CT molecular complexity index is 1110. The summed E-state index contributed by atoms with van der Waals surface area (Å²) in [6, 6.07) is 7.01. The molecule has 2 heterocycles. The minimum absolute atomic E-state index is 0.0236. The SMILES string of the molecule is COCCN1C(C)=C(C(=O)O)C(c2cccc(-c3nnc(C)o3)c2)(C(C)C)C(C(=O)O)=C1C. The number of carboxylic acids is 2. The lowest BCUT2D eigenvalue weighted by Crippen LogP contribution is -2.49. The number of aromatic nitrogens is 2. The highest BCUT2D eigenvalue weighted by atomic mass is 16.5. The lowest BCUT2D eigenvalue weighted by Gasteiger charge is -2.47. The predicted octanol–water partition coefficient (Wildman–Crippen LogP) is 3.62. The molecule has 0 unspecified atom stereocenters. The second-order valence-corrected chi connectivity index (χ2v) is 8.35. The molecule has 0 spiro atoms. The highest BCUT2D eigenvalue weighted by molar-refractivity contribution is 6.01. The lowest BCUT2D eigenvalue weighted by molar-refractivity contribution is -0.135. The van der Waals surface area contributed by atoms with Gasteiger partial charge in [0.15, 0.2) is 0 Å². The van der Waals surface area contributed by atoms with Gasteiger partial charge in [-0.3, -0.25) is 0 Å². The summed E-state index contributed by atoms with van der Waals surface area (Å²) < 4.78 is 10.7. The molecule has 0 saturated carbocycles. The maximum Gasteiger partial charge on any atom is 0.334 e. The molecule has 1 aromatic carbocycles. The molecule has 0 saturated heterocycles. The van der Waals surface area contributed by atoms with Crippen LogP contribution in [0.3, 0.4) is 0 Å². The van der Waals surface area contributed by atoms with Crippen LogP contribution in [0.5, 0.6) is 0 Å². The van der Waals surface area contributed by atoms with Crippen molar-refractivity contribution >= 4 is 11.9 Å². The van der Waals surface area contributed by atoms with Crippen molar-refractivity contribution in [1.82, 2.24) is 15.1 Å². The van der Waals surface area contributed by atoms with Crippen LogP contribution in [0.2, 0.25) is 0 Å². The maximum absolute atomic E-state index is 12.7. The van der Waals surface area contributed by atoms with Gasteiger partial charge >= 0.3 is 11.9 Å². The number of rotatable bonds is 8. The molecule has 1 aromatic heterocycles. The molecule has 0 radical (unpaired) electrons. The monoisotopic (exact) mass is 455 g/mol. The maximum atomic E-state index is 12.7. The topological polar surface area (TPSA) is 126 Å². The summed E-state index contributed by atoms with van der Waals surface area (Å²) in [5.74, 6) is -2.07. The first-order valence-electron chi connectivity index (χ1n) is 10.6. The van der Waals surface area contributed by atoms with E-state index in [-0.39, 0.29) is 17.0 Å². The highest BCUT2D eigenvalue weighted by Gasteiger charge is 2.53. The van der Waals surface area contributed by atoms with E-state index in [0.717, 1.165) is 0 Å². The normalized spacial score (nSPS) is 16.0. The van der Waals surface area contributed by atoms with Crippen LogP contribution < -0.4 is 0 Å². The number of allylic oxidation sites excluding steroid dienone is 2. The van der Waals surface area contributed by atoms with Crippen LogP contribution in [0, 0.1) is 12.8 Å². The number of carboxylic acid groups (broad SMARTS) is 2. The van der Waals surface area contributed by atoms with E-state index in [1.807, 2.05) is 13.8 Å². The van der Waals surface area contributed by atoms with Crippen LogP contribution in [0.4, 0.5) is 0 Å². The number of ether oxygens (including phenoxy) is 1. The minimum Gasteiger partial charge on any atom is -0.478 e. The van der Waals surface area contributed by atoms with Crippen molar-refractivity contribution in [1.29, 1.82) is 0 Å². The van der Waals surface area contributed by atoms with Crippen LogP contribution in [0.15, 0.2) is 51.2 Å². The molecule has 0 atom stereocenters. The van der Waals surface area contributed by atoms with Gasteiger partial charge in [-0.15, -0.1) is 10.2 Å². The number of nitrogens with zero attached hydrogens (tertiary/aromatic N) is 3. The zero-order chi connectivity index (χ0) is 24.5. The summed E-state index contributed by atoms with van der Waals surface area (Å²) in [6.45, 7) is 9.41. The Morgan fingerprint density at radius 2 is 1.70 bits per heavy atom. The summed E-state index contributed by atoms with van der Waals surface area (Å²) in [5.41, 5.74) is 0.710. The Morgan fingerprint density at radius 1 is 1.09 bits per heavy atom. The van der Waals surface area contributed by atoms with Crippen molar-refractivity contribution in [2.24, 2.45) is 5.92 Å². The van der Waals surface area contributed by atoms with Gasteiger partial charge in [-0.25, -0.2) is 9.59 Å². The number of benzene rings is 1. The Labute approximate surface area is 192 Å². The molecule has 1 aliphatic rings. The smallest absolute Gasteiger partial charge is 0.334 e. The Hall–Kier alpha value is -3.46. The molecule has 0 amide bonds. The van der Waals surface area contributed by atoms with Gasteiger partial charge in [0.1, 0.15) is 0 Å². The zero-order valence-electron chi connectivity index (χ0n) is 19.7. The zero-order valence-corrected chi connectivity index (χ0v) is 19.7. The van der Waals surface area contributed by atoms with Crippen LogP contribution in [0.1, 0.15) is 39.1 Å². The standard InChI is InChI=1S/C24H29N3O6/c1-13(2)24(18-9-7-8-17(12-18)21-26-25-16(5)33-21)19(22(28)29)14(3)27(10-11-32-6)15(4)20(24)23(30)31/h7-9,12-13H,10-11H2,1-6H3,(H,28,29)(H,30,31). The summed E-state index contributed by atoms with van der Waals surface area (Å²) >= 11 is 0. The molecule has 0 aliphatic carbocycles. The fraction of sp³-hybridized carbons (Fsp3) is 0.417.